The fourth-order valence-corrected chi connectivity index (χ4v) is 0.934. The molecule has 0 fully saturated rings. The van der Waals surface area contributed by atoms with E-state index in [-0.39, 0.29) is 0 Å². The molecule has 0 aromatic heterocycles. The highest BCUT2D eigenvalue weighted by atomic mass is 35.5. The number of ether oxygens (including phenoxy) is 1. The van der Waals surface area contributed by atoms with Crippen molar-refractivity contribution in [3.63, 3.8) is 0 Å². The number of anilines is 1. The Morgan fingerprint density at radius 3 is 2.54 bits per heavy atom. The zero-order valence-electron chi connectivity index (χ0n) is 7.51. The molecule has 0 aliphatic carbocycles. The van der Waals surface area contributed by atoms with Gasteiger partial charge in [-0.15, -0.1) is 0 Å². The smallest absolute Gasteiger partial charge is 0.123 e. The molecule has 0 aliphatic heterocycles. The standard InChI is InChI=1S/C10H12ClNO/c1-8(11)7-13-10-5-3-9(12-2)4-6-10/h3-6,12H,1,7H2,2H3. The van der Waals surface area contributed by atoms with Crippen LogP contribution in [0, 0.1) is 0 Å². The Balaban J connectivity index is 2.54. The number of benzene rings is 1. The van der Waals surface area contributed by atoms with Gasteiger partial charge in [0.25, 0.3) is 0 Å². The van der Waals surface area contributed by atoms with Crippen molar-refractivity contribution in [2.75, 3.05) is 19.0 Å². The largest absolute Gasteiger partial charge is 0.488 e. The van der Waals surface area contributed by atoms with E-state index in [9.17, 15) is 0 Å². The predicted molar refractivity (Wildman–Crippen MR) is 56.5 cm³/mol. The maximum atomic E-state index is 5.55. The first-order chi connectivity index (χ1) is 6.22. The van der Waals surface area contributed by atoms with Crippen LogP contribution >= 0.6 is 11.6 Å². The minimum absolute atomic E-state index is 0.348. The normalized spacial score (nSPS) is 9.38. The van der Waals surface area contributed by atoms with Gasteiger partial charge in [-0.25, -0.2) is 0 Å². The Morgan fingerprint density at radius 2 is 2.08 bits per heavy atom. The molecule has 0 heterocycles. The zero-order chi connectivity index (χ0) is 9.68. The summed E-state index contributed by atoms with van der Waals surface area (Å²) in [7, 11) is 1.87. The molecule has 1 rings (SSSR count). The Morgan fingerprint density at radius 1 is 1.46 bits per heavy atom. The second-order valence-electron chi connectivity index (χ2n) is 2.58. The highest BCUT2D eigenvalue weighted by Gasteiger charge is 1.94. The van der Waals surface area contributed by atoms with Crippen molar-refractivity contribution in [2.45, 2.75) is 0 Å². The van der Waals surface area contributed by atoms with Crippen molar-refractivity contribution in [1.29, 1.82) is 0 Å². The summed E-state index contributed by atoms with van der Waals surface area (Å²) in [6.45, 7) is 3.88. The first kappa shape index (κ1) is 9.93. The molecule has 0 radical (unpaired) electrons. The molecule has 0 unspecified atom stereocenters. The van der Waals surface area contributed by atoms with Crippen molar-refractivity contribution in [2.24, 2.45) is 0 Å². The molecule has 2 nitrogen and oxygen atoms in total. The molecule has 3 heteroatoms. The van der Waals surface area contributed by atoms with Crippen LogP contribution in [0.2, 0.25) is 0 Å². The summed E-state index contributed by atoms with van der Waals surface area (Å²) in [6.07, 6.45) is 0. The van der Waals surface area contributed by atoms with Gasteiger partial charge >= 0.3 is 0 Å². The topological polar surface area (TPSA) is 21.3 Å². The van der Waals surface area contributed by atoms with Gasteiger partial charge in [0.1, 0.15) is 12.4 Å². The maximum Gasteiger partial charge on any atom is 0.123 e. The van der Waals surface area contributed by atoms with E-state index in [1.54, 1.807) is 0 Å². The predicted octanol–water partition coefficient (Wildman–Crippen LogP) is 2.86. The molecule has 0 amide bonds. The van der Waals surface area contributed by atoms with Gasteiger partial charge < -0.3 is 10.1 Å². The molecule has 13 heavy (non-hydrogen) atoms. The van der Waals surface area contributed by atoms with E-state index in [2.05, 4.69) is 11.9 Å². The average Bonchev–Trinajstić information content (AvgIpc) is 2.15. The van der Waals surface area contributed by atoms with Crippen LogP contribution in [0.4, 0.5) is 5.69 Å². The highest BCUT2D eigenvalue weighted by Crippen LogP contribution is 2.15. The number of nitrogens with one attached hydrogen (secondary N) is 1. The molecule has 0 spiro atoms. The van der Waals surface area contributed by atoms with E-state index in [1.807, 2.05) is 31.3 Å². The van der Waals surface area contributed by atoms with Crippen LogP contribution in [0.25, 0.3) is 0 Å². The summed E-state index contributed by atoms with van der Waals surface area (Å²) in [5, 5.41) is 3.52. The third kappa shape index (κ3) is 3.38. The third-order valence-electron chi connectivity index (χ3n) is 1.54. The number of halogens is 1. The van der Waals surface area contributed by atoms with Gasteiger partial charge in [0.2, 0.25) is 0 Å². The van der Waals surface area contributed by atoms with E-state index < -0.39 is 0 Å². The molecule has 1 aromatic carbocycles. The fraction of sp³-hybridized carbons (Fsp3) is 0.200. The summed E-state index contributed by atoms with van der Waals surface area (Å²) >= 11 is 5.55. The van der Waals surface area contributed by atoms with Gasteiger partial charge in [0.15, 0.2) is 0 Å². The van der Waals surface area contributed by atoms with Crippen LogP contribution in [-0.2, 0) is 0 Å². The average molecular weight is 198 g/mol. The monoisotopic (exact) mass is 197 g/mol. The van der Waals surface area contributed by atoms with Crippen LogP contribution in [0.3, 0.4) is 0 Å². The molecular weight excluding hydrogens is 186 g/mol. The van der Waals surface area contributed by atoms with Crippen molar-refractivity contribution < 1.29 is 4.74 Å². The van der Waals surface area contributed by atoms with Gasteiger partial charge in [-0.05, 0) is 24.3 Å². The van der Waals surface area contributed by atoms with Gasteiger partial charge in [0.05, 0.1) is 0 Å². The van der Waals surface area contributed by atoms with Crippen molar-refractivity contribution in [1.82, 2.24) is 0 Å². The molecule has 0 bridgehead atoms. The second kappa shape index (κ2) is 4.77. The first-order valence-corrected chi connectivity index (χ1v) is 4.34. The summed E-state index contributed by atoms with van der Waals surface area (Å²) in [5.41, 5.74) is 1.05. The van der Waals surface area contributed by atoms with Crippen LogP contribution in [0.1, 0.15) is 0 Å². The molecule has 0 saturated heterocycles. The SMILES string of the molecule is C=C(Cl)COc1ccc(NC)cc1. The van der Waals surface area contributed by atoms with Crippen LogP contribution in [-0.4, -0.2) is 13.7 Å². The van der Waals surface area contributed by atoms with Crippen LogP contribution in [0.15, 0.2) is 35.9 Å². The first-order valence-electron chi connectivity index (χ1n) is 3.96. The quantitative estimate of drug-likeness (QED) is 0.802. The summed E-state index contributed by atoms with van der Waals surface area (Å²) in [4.78, 5) is 0. The van der Waals surface area contributed by atoms with E-state index in [0.717, 1.165) is 11.4 Å². The lowest BCUT2D eigenvalue weighted by Crippen LogP contribution is -1.96. The third-order valence-corrected chi connectivity index (χ3v) is 1.65. The van der Waals surface area contributed by atoms with Crippen molar-refractivity contribution in [3.05, 3.63) is 35.9 Å². The Bertz CT molecular complexity index is 281. The zero-order valence-corrected chi connectivity index (χ0v) is 8.27. The van der Waals surface area contributed by atoms with Gasteiger partial charge in [-0.1, -0.05) is 18.2 Å². The second-order valence-corrected chi connectivity index (χ2v) is 3.11. The lowest BCUT2D eigenvalue weighted by Gasteiger charge is -2.05. The summed E-state index contributed by atoms with van der Waals surface area (Å²) < 4.78 is 5.31. The Kier molecular flexibility index (Phi) is 3.65. The van der Waals surface area contributed by atoms with Crippen molar-refractivity contribution in [3.8, 4) is 5.75 Å². The lowest BCUT2D eigenvalue weighted by atomic mass is 10.3. The van der Waals surface area contributed by atoms with E-state index in [4.69, 9.17) is 16.3 Å². The number of rotatable bonds is 4. The summed E-state index contributed by atoms with van der Waals surface area (Å²) in [5.74, 6) is 0.792. The molecule has 0 aliphatic rings. The minimum atomic E-state index is 0.348. The van der Waals surface area contributed by atoms with Crippen LogP contribution < -0.4 is 10.1 Å². The van der Waals surface area contributed by atoms with Gasteiger partial charge in [0, 0.05) is 17.8 Å². The molecular formula is C10H12ClNO. The summed E-state index contributed by atoms with van der Waals surface area (Å²) in [6, 6.07) is 7.63. The fourth-order valence-electron chi connectivity index (χ4n) is 0.879. The molecule has 70 valence electrons. The Labute approximate surface area is 83.2 Å². The Hall–Kier alpha value is -1.15. The lowest BCUT2D eigenvalue weighted by molar-refractivity contribution is 0.359. The minimum Gasteiger partial charge on any atom is -0.488 e. The van der Waals surface area contributed by atoms with Gasteiger partial charge in [-0.3, -0.25) is 0 Å². The van der Waals surface area contributed by atoms with E-state index in [0.29, 0.717) is 11.6 Å². The molecule has 1 N–H and O–H groups in total. The number of hydrogen-bond donors (Lipinski definition) is 1. The van der Waals surface area contributed by atoms with Crippen LogP contribution in [0.5, 0.6) is 5.75 Å². The van der Waals surface area contributed by atoms with Gasteiger partial charge in [-0.2, -0.15) is 0 Å². The molecule has 1 aromatic rings. The van der Waals surface area contributed by atoms with Crippen molar-refractivity contribution >= 4 is 17.3 Å². The van der Waals surface area contributed by atoms with E-state index >= 15 is 0 Å². The highest BCUT2D eigenvalue weighted by molar-refractivity contribution is 6.29. The maximum absolute atomic E-state index is 5.55. The van der Waals surface area contributed by atoms with E-state index in [1.165, 1.54) is 0 Å². The molecule has 0 atom stereocenters. The molecule has 0 saturated carbocycles. The number of hydrogen-bond acceptors (Lipinski definition) is 2.